The maximum Gasteiger partial charge on any atom is 0.471 e. The SMILES string of the molecule is O=C(NCCOc1ccc(-c2noc(C(F)(F)F)n2)cc1)c1ccc(N2CCC(O)CC2)cc1. The lowest BCUT2D eigenvalue weighted by atomic mass is 10.1. The highest BCUT2D eigenvalue weighted by molar-refractivity contribution is 5.94. The first-order chi connectivity index (χ1) is 16.3. The fourth-order valence-electron chi connectivity index (χ4n) is 3.54. The standard InChI is InChI=1S/C23H23F3N4O4/c24-23(25,26)22-28-20(29-34-22)15-3-7-19(8-4-15)33-14-11-27-21(32)16-1-5-17(6-2-16)30-12-9-18(31)10-13-30/h1-8,18,31H,9-14H2,(H,27,32). The lowest BCUT2D eigenvalue weighted by Crippen LogP contribution is -2.35. The van der Waals surface area contributed by atoms with Crippen molar-refractivity contribution in [1.82, 2.24) is 15.5 Å². The van der Waals surface area contributed by atoms with E-state index >= 15 is 0 Å². The molecule has 0 bridgehead atoms. The average Bonchev–Trinajstić information content (AvgIpc) is 3.34. The summed E-state index contributed by atoms with van der Waals surface area (Å²) in [6.07, 6.45) is -3.46. The van der Waals surface area contributed by atoms with Gasteiger partial charge in [-0.05, 0) is 61.4 Å². The minimum absolute atomic E-state index is 0.171. The van der Waals surface area contributed by atoms with E-state index in [4.69, 9.17) is 4.74 Å². The van der Waals surface area contributed by atoms with E-state index in [0.717, 1.165) is 31.6 Å². The van der Waals surface area contributed by atoms with Crippen LogP contribution in [0.1, 0.15) is 29.1 Å². The first kappa shape index (κ1) is 23.6. The summed E-state index contributed by atoms with van der Waals surface area (Å²) in [5.74, 6) is -1.32. The predicted octanol–water partition coefficient (Wildman–Crippen LogP) is 3.53. The van der Waals surface area contributed by atoms with Crippen molar-refractivity contribution < 1.29 is 32.3 Å². The molecule has 0 aliphatic carbocycles. The zero-order valence-corrected chi connectivity index (χ0v) is 18.1. The van der Waals surface area contributed by atoms with Crippen LogP contribution in [0.15, 0.2) is 53.1 Å². The van der Waals surface area contributed by atoms with Gasteiger partial charge in [0, 0.05) is 29.9 Å². The van der Waals surface area contributed by atoms with Crippen molar-refractivity contribution in [3.8, 4) is 17.1 Å². The summed E-state index contributed by atoms with van der Waals surface area (Å²) in [7, 11) is 0. The Bertz CT molecular complexity index is 1090. The van der Waals surface area contributed by atoms with Gasteiger partial charge in [-0.25, -0.2) is 0 Å². The van der Waals surface area contributed by atoms with Gasteiger partial charge in [0.25, 0.3) is 5.91 Å². The van der Waals surface area contributed by atoms with Crippen molar-refractivity contribution in [2.75, 3.05) is 31.1 Å². The number of carbonyl (C=O) groups is 1. The highest BCUT2D eigenvalue weighted by Gasteiger charge is 2.38. The largest absolute Gasteiger partial charge is 0.492 e. The molecule has 180 valence electrons. The Labute approximate surface area is 193 Å². The van der Waals surface area contributed by atoms with E-state index in [1.54, 1.807) is 24.3 Å². The number of carbonyl (C=O) groups excluding carboxylic acids is 1. The zero-order valence-electron chi connectivity index (χ0n) is 18.1. The number of aromatic nitrogens is 2. The topological polar surface area (TPSA) is 101 Å². The number of hydrogen-bond acceptors (Lipinski definition) is 7. The molecule has 8 nitrogen and oxygen atoms in total. The molecule has 0 spiro atoms. The Morgan fingerprint density at radius 1 is 1.12 bits per heavy atom. The first-order valence-corrected chi connectivity index (χ1v) is 10.7. The van der Waals surface area contributed by atoms with Crippen LogP contribution in [0.3, 0.4) is 0 Å². The molecule has 0 atom stereocenters. The zero-order chi connectivity index (χ0) is 24.1. The van der Waals surface area contributed by atoms with E-state index in [0.29, 0.717) is 16.9 Å². The third kappa shape index (κ3) is 5.84. The van der Waals surface area contributed by atoms with Crippen LogP contribution in [0, 0.1) is 0 Å². The summed E-state index contributed by atoms with van der Waals surface area (Å²) in [6, 6.07) is 13.5. The number of nitrogens with one attached hydrogen (secondary N) is 1. The van der Waals surface area contributed by atoms with Crippen LogP contribution in [-0.4, -0.2) is 53.5 Å². The highest BCUT2D eigenvalue weighted by atomic mass is 19.4. The highest BCUT2D eigenvalue weighted by Crippen LogP contribution is 2.29. The van der Waals surface area contributed by atoms with Gasteiger partial charge >= 0.3 is 12.1 Å². The molecule has 4 rings (SSSR count). The van der Waals surface area contributed by atoms with Crippen molar-refractivity contribution in [2.24, 2.45) is 0 Å². The molecule has 1 aliphatic rings. The summed E-state index contributed by atoms with van der Waals surface area (Å²) in [6.45, 7) is 2.05. The van der Waals surface area contributed by atoms with Gasteiger partial charge in [-0.2, -0.15) is 18.2 Å². The summed E-state index contributed by atoms with van der Waals surface area (Å²) in [5.41, 5.74) is 1.90. The van der Waals surface area contributed by atoms with Crippen molar-refractivity contribution in [1.29, 1.82) is 0 Å². The quantitative estimate of drug-likeness (QED) is 0.503. The number of hydrogen-bond donors (Lipinski definition) is 2. The van der Waals surface area contributed by atoms with Crippen LogP contribution < -0.4 is 15.0 Å². The molecule has 34 heavy (non-hydrogen) atoms. The van der Waals surface area contributed by atoms with Gasteiger partial charge in [0.2, 0.25) is 5.82 Å². The van der Waals surface area contributed by atoms with Crippen molar-refractivity contribution >= 4 is 11.6 Å². The third-order valence-corrected chi connectivity index (χ3v) is 5.40. The summed E-state index contributed by atoms with van der Waals surface area (Å²) in [4.78, 5) is 17.9. The number of ether oxygens (including phenoxy) is 1. The lowest BCUT2D eigenvalue weighted by molar-refractivity contribution is -0.159. The number of piperidine rings is 1. The summed E-state index contributed by atoms with van der Waals surface area (Å²) in [5, 5.41) is 15.7. The Morgan fingerprint density at radius 3 is 2.41 bits per heavy atom. The third-order valence-electron chi connectivity index (χ3n) is 5.40. The molecule has 2 N–H and O–H groups in total. The fraction of sp³-hybridized carbons (Fsp3) is 0.348. The molecule has 3 aromatic rings. The number of aliphatic hydroxyl groups excluding tert-OH is 1. The lowest BCUT2D eigenvalue weighted by Gasteiger charge is -2.31. The molecule has 1 saturated heterocycles. The molecular formula is C23H23F3N4O4. The average molecular weight is 476 g/mol. The summed E-state index contributed by atoms with van der Waals surface area (Å²) < 4.78 is 47.5. The van der Waals surface area contributed by atoms with Crippen LogP contribution in [0.4, 0.5) is 18.9 Å². The molecule has 0 saturated carbocycles. The van der Waals surface area contributed by atoms with E-state index in [9.17, 15) is 23.1 Å². The van der Waals surface area contributed by atoms with E-state index < -0.39 is 12.1 Å². The number of amides is 1. The van der Waals surface area contributed by atoms with Crippen LogP contribution in [0.2, 0.25) is 0 Å². The molecule has 2 aromatic carbocycles. The molecule has 11 heteroatoms. The number of alkyl halides is 3. The van der Waals surface area contributed by atoms with E-state index in [2.05, 4.69) is 24.9 Å². The Morgan fingerprint density at radius 2 is 1.79 bits per heavy atom. The smallest absolute Gasteiger partial charge is 0.471 e. The van der Waals surface area contributed by atoms with Crippen molar-refractivity contribution in [3.05, 3.63) is 60.0 Å². The number of aliphatic hydroxyl groups is 1. The second-order valence-corrected chi connectivity index (χ2v) is 7.81. The molecule has 1 aliphatic heterocycles. The van der Waals surface area contributed by atoms with Crippen LogP contribution in [-0.2, 0) is 6.18 Å². The summed E-state index contributed by atoms with van der Waals surface area (Å²) >= 11 is 0. The second-order valence-electron chi connectivity index (χ2n) is 7.81. The van der Waals surface area contributed by atoms with Gasteiger partial charge in [0.1, 0.15) is 12.4 Å². The molecule has 0 unspecified atom stereocenters. The number of anilines is 1. The number of rotatable bonds is 7. The Balaban J connectivity index is 1.22. The van der Waals surface area contributed by atoms with E-state index in [1.807, 2.05) is 12.1 Å². The minimum atomic E-state index is -4.70. The van der Waals surface area contributed by atoms with Gasteiger partial charge in [0.05, 0.1) is 12.6 Å². The minimum Gasteiger partial charge on any atom is -0.492 e. The normalized spacial score (nSPS) is 14.8. The first-order valence-electron chi connectivity index (χ1n) is 10.7. The molecule has 2 heterocycles. The van der Waals surface area contributed by atoms with Crippen LogP contribution in [0.5, 0.6) is 5.75 Å². The fourth-order valence-corrected chi connectivity index (χ4v) is 3.54. The molecule has 1 fully saturated rings. The Kier molecular flexibility index (Phi) is 7.01. The van der Waals surface area contributed by atoms with Gasteiger partial charge in [-0.1, -0.05) is 5.16 Å². The maximum atomic E-state index is 12.6. The van der Waals surface area contributed by atoms with E-state index in [1.165, 1.54) is 12.1 Å². The monoisotopic (exact) mass is 476 g/mol. The number of benzene rings is 2. The number of halogens is 3. The Hall–Kier alpha value is -3.60. The second kappa shape index (κ2) is 10.1. The van der Waals surface area contributed by atoms with Gasteiger partial charge in [-0.3, -0.25) is 4.79 Å². The van der Waals surface area contributed by atoms with Gasteiger partial charge in [0.15, 0.2) is 0 Å². The van der Waals surface area contributed by atoms with Gasteiger partial charge < -0.3 is 24.6 Å². The molecule has 1 aromatic heterocycles. The van der Waals surface area contributed by atoms with Crippen LogP contribution >= 0.6 is 0 Å². The van der Waals surface area contributed by atoms with Gasteiger partial charge in [-0.15, -0.1) is 0 Å². The number of nitrogens with zero attached hydrogens (tertiary/aromatic N) is 3. The maximum absolute atomic E-state index is 12.6. The van der Waals surface area contributed by atoms with Crippen molar-refractivity contribution in [2.45, 2.75) is 25.1 Å². The molecule has 0 radical (unpaired) electrons. The van der Waals surface area contributed by atoms with Crippen LogP contribution in [0.25, 0.3) is 11.4 Å². The van der Waals surface area contributed by atoms with E-state index in [-0.39, 0.29) is 31.0 Å². The predicted molar refractivity (Wildman–Crippen MR) is 116 cm³/mol. The molecular weight excluding hydrogens is 453 g/mol. The molecule has 1 amide bonds. The van der Waals surface area contributed by atoms with Crippen molar-refractivity contribution in [3.63, 3.8) is 0 Å².